The van der Waals surface area contributed by atoms with Crippen LogP contribution in [0.25, 0.3) is 0 Å². The van der Waals surface area contributed by atoms with E-state index in [4.69, 9.17) is 18.6 Å². The first-order valence-corrected chi connectivity index (χ1v) is 8.48. The van der Waals surface area contributed by atoms with E-state index in [2.05, 4.69) is 10.6 Å². The number of hydrogen-bond donors (Lipinski definition) is 2. The van der Waals surface area contributed by atoms with Crippen molar-refractivity contribution in [3.8, 4) is 11.5 Å². The van der Waals surface area contributed by atoms with E-state index >= 15 is 0 Å². The number of rotatable bonds is 10. The Labute approximate surface area is 161 Å². The molecule has 9 nitrogen and oxygen atoms in total. The lowest BCUT2D eigenvalue weighted by atomic mass is 10.1. The van der Waals surface area contributed by atoms with Crippen LogP contribution in [0.4, 0.5) is 0 Å². The summed E-state index contributed by atoms with van der Waals surface area (Å²) in [5.74, 6) is -0.388. The second kappa shape index (κ2) is 10.6. The molecular weight excluding hydrogens is 368 g/mol. The molecule has 0 aliphatic carbocycles. The van der Waals surface area contributed by atoms with E-state index in [1.54, 1.807) is 26.4 Å². The third-order valence-corrected chi connectivity index (χ3v) is 3.69. The first-order chi connectivity index (χ1) is 13.5. The maximum atomic E-state index is 11.8. The minimum absolute atomic E-state index is 0.0840. The highest BCUT2D eigenvalue weighted by Crippen LogP contribution is 2.27. The van der Waals surface area contributed by atoms with Gasteiger partial charge in [-0.15, -0.1) is 0 Å². The number of methoxy groups -OCH3 is 2. The fraction of sp³-hybridized carbons (Fsp3) is 0.316. The number of esters is 1. The van der Waals surface area contributed by atoms with Crippen molar-refractivity contribution in [1.82, 2.24) is 10.6 Å². The number of carbonyl (C=O) groups is 3. The normalized spacial score (nSPS) is 10.1. The van der Waals surface area contributed by atoms with Crippen molar-refractivity contribution in [3.63, 3.8) is 0 Å². The predicted octanol–water partition coefficient (Wildman–Crippen LogP) is 0.929. The standard InChI is InChI=1S/C19H22N2O7/c1-25-14-6-5-13(10-16(14)26-2)7-8-20-17(22)12-28-18(23)11-21-19(24)15-4-3-9-27-15/h3-6,9-10H,7-8,11-12H2,1-2H3,(H,20,22)(H,21,24). The van der Waals surface area contributed by atoms with Gasteiger partial charge in [-0.2, -0.15) is 0 Å². The number of benzene rings is 1. The molecule has 0 fully saturated rings. The molecule has 1 aromatic carbocycles. The van der Waals surface area contributed by atoms with Gasteiger partial charge in [-0.25, -0.2) is 0 Å². The largest absolute Gasteiger partial charge is 0.493 e. The fourth-order valence-electron chi connectivity index (χ4n) is 2.28. The van der Waals surface area contributed by atoms with Crippen LogP contribution in [0.5, 0.6) is 11.5 Å². The summed E-state index contributed by atoms with van der Waals surface area (Å²) in [6.07, 6.45) is 1.92. The smallest absolute Gasteiger partial charge is 0.325 e. The van der Waals surface area contributed by atoms with Gasteiger partial charge in [0.1, 0.15) is 6.54 Å². The van der Waals surface area contributed by atoms with Gasteiger partial charge in [0.25, 0.3) is 11.8 Å². The number of carbonyl (C=O) groups excluding carboxylic acids is 3. The van der Waals surface area contributed by atoms with Gasteiger partial charge in [0.2, 0.25) is 0 Å². The number of amides is 2. The first kappa shape index (κ1) is 20.8. The summed E-state index contributed by atoms with van der Waals surface area (Å²) < 4.78 is 20.1. The zero-order chi connectivity index (χ0) is 20.4. The van der Waals surface area contributed by atoms with Gasteiger partial charge in [0.05, 0.1) is 20.5 Å². The molecule has 0 aliphatic rings. The minimum Gasteiger partial charge on any atom is -0.493 e. The van der Waals surface area contributed by atoms with Crippen LogP contribution in [0.1, 0.15) is 16.1 Å². The number of hydrogen-bond acceptors (Lipinski definition) is 7. The highest BCUT2D eigenvalue weighted by molar-refractivity contribution is 5.93. The zero-order valence-electron chi connectivity index (χ0n) is 15.7. The molecule has 2 amide bonds. The van der Waals surface area contributed by atoms with E-state index < -0.39 is 24.4 Å². The third kappa shape index (κ3) is 6.35. The van der Waals surface area contributed by atoms with Crippen LogP contribution in [0, 0.1) is 0 Å². The lowest BCUT2D eigenvalue weighted by Gasteiger charge is -2.10. The van der Waals surface area contributed by atoms with E-state index in [-0.39, 0.29) is 12.3 Å². The van der Waals surface area contributed by atoms with Crippen LogP contribution in [0.15, 0.2) is 41.0 Å². The molecule has 0 bridgehead atoms. The van der Waals surface area contributed by atoms with Crippen LogP contribution in [0.3, 0.4) is 0 Å². The molecule has 0 radical (unpaired) electrons. The summed E-state index contributed by atoms with van der Waals surface area (Å²) >= 11 is 0. The van der Waals surface area contributed by atoms with Gasteiger partial charge in [0, 0.05) is 6.54 Å². The summed E-state index contributed by atoms with van der Waals surface area (Å²) in [5, 5.41) is 4.98. The Morgan fingerprint density at radius 3 is 2.50 bits per heavy atom. The second-order valence-electron chi connectivity index (χ2n) is 5.61. The SMILES string of the molecule is COc1ccc(CCNC(=O)COC(=O)CNC(=O)c2ccco2)cc1OC. The quantitative estimate of drug-likeness (QED) is 0.580. The Balaban J connectivity index is 1.64. The van der Waals surface area contributed by atoms with Crippen molar-refractivity contribution in [2.75, 3.05) is 33.9 Å². The molecule has 0 atom stereocenters. The predicted molar refractivity (Wildman–Crippen MR) is 98.3 cm³/mol. The Hall–Kier alpha value is -3.49. The Bertz CT molecular complexity index is 803. The molecule has 150 valence electrons. The number of nitrogens with one attached hydrogen (secondary N) is 2. The van der Waals surface area contributed by atoms with Crippen LogP contribution in [0.2, 0.25) is 0 Å². The van der Waals surface area contributed by atoms with E-state index in [0.717, 1.165) is 5.56 Å². The van der Waals surface area contributed by atoms with Gasteiger partial charge < -0.3 is 29.3 Å². The molecule has 0 saturated heterocycles. The van der Waals surface area contributed by atoms with Crippen molar-refractivity contribution in [1.29, 1.82) is 0 Å². The lowest BCUT2D eigenvalue weighted by molar-refractivity contribution is -0.147. The molecule has 0 unspecified atom stereocenters. The molecule has 9 heteroatoms. The van der Waals surface area contributed by atoms with Crippen molar-refractivity contribution >= 4 is 17.8 Å². The second-order valence-corrected chi connectivity index (χ2v) is 5.61. The summed E-state index contributed by atoms with van der Waals surface area (Å²) in [6, 6.07) is 8.50. The molecule has 0 spiro atoms. The molecule has 2 N–H and O–H groups in total. The van der Waals surface area contributed by atoms with E-state index in [1.165, 1.54) is 12.3 Å². The number of ether oxygens (including phenoxy) is 3. The Morgan fingerprint density at radius 1 is 1.04 bits per heavy atom. The lowest BCUT2D eigenvalue weighted by Crippen LogP contribution is -2.34. The Kier molecular flexibility index (Phi) is 7.89. The van der Waals surface area contributed by atoms with Gasteiger partial charge in [0.15, 0.2) is 23.9 Å². The monoisotopic (exact) mass is 390 g/mol. The summed E-state index contributed by atoms with van der Waals surface area (Å²) in [7, 11) is 3.11. The van der Waals surface area contributed by atoms with E-state index in [9.17, 15) is 14.4 Å². The molecule has 28 heavy (non-hydrogen) atoms. The van der Waals surface area contributed by atoms with Crippen LogP contribution >= 0.6 is 0 Å². The molecule has 1 heterocycles. The van der Waals surface area contributed by atoms with Gasteiger partial charge in [-0.05, 0) is 36.2 Å². The molecule has 2 rings (SSSR count). The van der Waals surface area contributed by atoms with Crippen molar-refractivity contribution in [2.24, 2.45) is 0 Å². The molecule has 0 saturated carbocycles. The van der Waals surface area contributed by atoms with Gasteiger partial charge >= 0.3 is 5.97 Å². The van der Waals surface area contributed by atoms with Crippen LogP contribution in [-0.4, -0.2) is 51.7 Å². The van der Waals surface area contributed by atoms with Crippen molar-refractivity contribution < 1.29 is 33.0 Å². The van der Waals surface area contributed by atoms with Crippen molar-refractivity contribution in [3.05, 3.63) is 47.9 Å². The first-order valence-electron chi connectivity index (χ1n) is 8.48. The van der Waals surface area contributed by atoms with Crippen molar-refractivity contribution in [2.45, 2.75) is 6.42 Å². The average molecular weight is 390 g/mol. The third-order valence-electron chi connectivity index (χ3n) is 3.69. The average Bonchev–Trinajstić information content (AvgIpc) is 3.25. The van der Waals surface area contributed by atoms with Gasteiger partial charge in [-0.3, -0.25) is 14.4 Å². The summed E-state index contributed by atoms with van der Waals surface area (Å²) in [4.78, 5) is 34.9. The highest BCUT2D eigenvalue weighted by Gasteiger charge is 2.12. The molecular formula is C19H22N2O7. The molecule has 1 aromatic heterocycles. The highest BCUT2D eigenvalue weighted by atomic mass is 16.5. The topological polar surface area (TPSA) is 116 Å². The minimum atomic E-state index is -0.727. The Morgan fingerprint density at radius 2 is 1.82 bits per heavy atom. The summed E-state index contributed by atoms with van der Waals surface area (Å²) in [6.45, 7) is -0.430. The maximum Gasteiger partial charge on any atom is 0.325 e. The zero-order valence-corrected chi connectivity index (χ0v) is 15.7. The van der Waals surface area contributed by atoms with Crippen LogP contribution < -0.4 is 20.1 Å². The van der Waals surface area contributed by atoms with E-state index in [1.807, 2.05) is 12.1 Å². The number of furan rings is 1. The summed E-state index contributed by atoms with van der Waals surface area (Å²) in [5.41, 5.74) is 0.954. The molecule has 2 aromatic rings. The van der Waals surface area contributed by atoms with Gasteiger partial charge in [-0.1, -0.05) is 6.07 Å². The maximum absolute atomic E-state index is 11.8. The van der Waals surface area contributed by atoms with E-state index in [0.29, 0.717) is 24.5 Å². The van der Waals surface area contributed by atoms with Crippen LogP contribution in [-0.2, 0) is 20.7 Å². The molecule has 0 aliphatic heterocycles. The fourth-order valence-corrected chi connectivity index (χ4v) is 2.28.